The van der Waals surface area contributed by atoms with Crippen molar-refractivity contribution in [3.8, 4) is 0 Å². The van der Waals surface area contributed by atoms with Crippen molar-refractivity contribution in [3.05, 3.63) is 29.3 Å². The Morgan fingerprint density at radius 1 is 1.29 bits per heavy atom. The van der Waals surface area contributed by atoms with Gasteiger partial charge in [0.2, 0.25) is 0 Å². The number of anilines is 1. The summed E-state index contributed by atoms with van der Waals surface area (Å²) in [5.74, 6) is 0.609. The lowest BCUT2D eigenvalue weighted by Crippen LogP contribution is -2.35. The molecule has 94 valence electrons. The first-order valence-corrected chi connectivity index (χ1v) is 7.83. The van der Waals surface area contributed by atoms with Gasteiger partial charge in [-0.2, -0.15) is 0 Å². The standard InChI is InChI=1S/C13H19NO2S/c1-10-5-3-7-13(11(10)2)14-12-6-4-8-17(15,16)9-12/h3,5,7,12,14H,4,6,8-9H2,1-2H3. The third-order valence-corrected chi connectivity index (χ3v) is 5.25. The number of hydrogen-bond acceptors (Lipinski definition) is 3. The summed E-state index contributed by atoms with van der Waals surface area (Å²) in [6.07, 6.45) is 1.71. The third-order valence-electron chi connectivity index (χ3n) is 3.43. The van der Waals surface area contributed by atoms with Crippen molar-refractivity contribution in [1.82, 2.24) is 0 Å². The molecule has 1 aromatic rings. The molecule has 1 aliphatic heterocycles. The lowest BCUT2D eigenvalue weighted by atomic mass is 10.1. The van der Waals surface area contributed by atoms with E-state index in [2.05, 4.69) is 25.2 Å². The molecule has 0 amide bonds. The molecule has 0 saturated carbocycles. The minimum Gasteiger partial charge on any atom is -0.381 e. The topological polar surface area (TPSA) is 46.2 Å². The SMILES string of the molecule is Cc1cccc(NC2CCCS(=O)(=O)C2)c1C. The molecule has 17 heavy (non-hydrogen) atoms. The lowest BCUT2D eigenvalue weighted by molar-refractivity contribution is 0.562. The second-order valence-electron chi connectivity index (χ2n) is 4.85. The van der Waals surface area contributed by atoms with E-state index in [9.17, 15) is 8.42 Å². The van der Waals surface area contributed by atoms with E-state index < -0.39 is 9.84 Å². The molecule has 0 aliphatic carbocycles. The van der Waals surface area contributed by atoms with E-state index in [0.29, 0.717) is 5.75 Å². The highest BCUT2D eigenvalue weighted by atomic mass is 32.2. The Hall–Kier alpha value is -1.03. The average molecular weight is 253 g/mol. The molecule has 1 aromatic carbocycles. The maximum atomic E-state index is 11.6. The van der Waals surface area contributed by atoms with Crippen LogP contribution in [0.2, 0.25) is 0 Å². The van der Waals surface area contributed by atoms with Gasteiger partial charge in [0.15, 0.2) is 9.84 Å². The highest BCUT2D eigenvalue weighted by Gasteiger charge is 2.24. The van der Waals surface area contributed by atoms with Crippen molar-refractivity contribution < 1.29 is 8.42 Å². The second kappa shape index (κ2) is 4.69. The molecule has 0 spiro atoms. The maximum absolute atomic E-state index is 11.6. The van der Waals surface area contributed by atoms with E-state index in [-0.39, 0.29) is 11.8 Å². The van der Waals surface area contributed by atoms with Crippen LogP contribution in [0.3, 0.4) is 0 Å². The number of hydrogen-bond donors (Lipinski definition) is 1. The van der Waals surface area contributed by atoms with Crippen molar-refractivity contribution in [1.29, 1.82) is 0 Å². The number of nitrogens with one attached hydrogen (secondary N) is 1. The minimum atomic E-state index is -2.84. The molecule has 1 atom stereocenters. The minimum absolute atomic E-state index is 0.0641. The van der Waals surface area contributed by atoms with Crippen molar-refractivity contribution >= 4 is 15.5 Å². The van der Waals surface area contributed by atoms with Gasteiger partial charge in [0.05, 0.1) is 11.5 Å². The number of aryl methyl sites for hydroxylation is 1. The van der Waals surface area contributed by atoms with Crippen molar-refractivity contribution in [2.75, 3.05) is 16.8 Å². The first-order chi connectivity index (χ1) is 7.98. The normalized spacial score (nSPS) is 23.3. The van der Waals surface area contributed by atoms with Gasteiger partial charge in [0.25, 0.3) is 0 Å². The molecule has 0 aromatic heterocycles. The molecule has 1 fully saturated rings. The van der Waals surface area contributed by atoms with Crippen molar-refractivity contribution in [2.45, 2.75) is 32.7 Å². The largest absolute Gasteiger partial charge is 0.381 e. The van der Waals surface area contributed by atoms with Gasteiger partial charge >= 0.3 is 0 Å². The van der Waals surface area contributed by atoms with Crippen LogP contribution < -0.4 is 5.32 Å². The van der Waals surface area contributed by atoms with Gasteiger partial charge in [-0.15, -0.1) is 0 Å². The van der Waals surface area contributed by atoms with Crippen molar-refractivity contribution in [2.24, 2.45) is 0 Å². The highest BCUT2D eigenvalue weighted by Crippen LogP contribution is 2.22. The zero-order valence-electron chi connectivity index (χ0n) is 10.4. The van der Waals surface area contributed by atoms with Gasteiger partial charge in [-0.25, -0.2) is 8.42 Å². The molecular formula is C13H19NO2S. The van der Waals surface area contributed by atoms with Gasteiger partial charge in [0, 0.05) is 11.7 Å². The van der Waals surface area contributed by atoms with Gasteiger partial charge < -0.3 is 5.32 Å². The van der Waals surface area contributed by atoms with E-state index >= 15 is 0 Å². The van der Waals surface area contributed by atoms with E-state index in [1.54, 1.807) is 0 Å². The number of sulfone groups is 1. The summed E-state index contributed by atoms with van der Waals surface area (Å²) in [6, 6.07) is 6.15. The van der Waals surface area contributed by atoms with E-state index in [1.165, 1.54) is 11.1 Å². The monoisotopic (exact) mass is 253 g/mol. The second-order valence-corrected chi connectivity index (χ2v) is 7.07. The number of rotatable bonds is 2. The van der Waals surface area contributed by atoms with Crippen LogP contribution in [-0.2, 0) is 9.84 Å². The van der Waals surface area contributed by atoms with Gasteiger partial charge in [0.1, 0.15) is 0 Å². The summed E-state index contributed by atoms with van der Waals surface area (Å²) in [5.41, 5.74) is 3.50. The Kier molecular flexibility index (Phi) is 3.43. The quantitative estimate of drug-likeness (QED) is 0.879. The molecule has 1 N–H and O–H groups in total. The van der Waals surface area contributed by atoms with Crippen LogP contribution in [0.4, 0.5) is 5.69 Å². The Bertz CT molecular complexity index is 508. The molecular weight excluding hydrogens is 234 g/mol. The third kappa shape index (κ3) is 3.00. The maximum Gasteiger partial charge on any atom is 0.152 e. The smallest absolute Gasteiger partial charge is 0.152 e. The molecule has 0 radical (unpaired) electrons. The summed E-state index contributed by atoms with van der Waals surface area (Å²) in [4.78, 5) is 0. The summed E-state index contributed by atoms with van der Waals surface area (Å²) in [5, 5.41) is 3.37. The van der Waals surface area contributed by atoms with Crippen LogP contribution >= 0.6 is 0 Å². The Balaban J connectivity index is 2.13. The van der Waals surface area contributed by atoms with Gasteiger partial charge in [-0.1, -0.05) is 12.1 Å². The summed E-state index contributed by atoms with van der Waals surface area (Å²) >= 11 is 0. The first-order valence-electron chi connectivity index (χ1n) is 6.01. The van der Waals surface area contributed by atoms with Crippen LogP contribution in [-0.4, -0.2) is 26.0 Å². The van der Waals surface area contributed by atoms with E-state index in [1.807, 2.05) is 12.1 Å². The van der Waals surface area contributed by atoms with Crippen LogP contribution in [0.15, 0.2) is 18.2 Å². The molecule has 0 bridgehead atoms. The summed E-state index contributed by atoms with van der Waals surface area (Å²) in [6.45, 7) is 4.13. The molecule has 1 heterocycles. The molecule has 4 heteroatoms. The molecule has 1 unspecified atom stereocenters. The zero-order chi connectivity index (χ0) is 12.5. The average Bonchev–Trinajstić information content (AvgIpc) is 2.23. The van der Waals surface area contributed by atoms with Gasteiger partial charge in [-0.05, 0) is 43.9 Å². The molecule has 3 nitrogen and oxygen atoms in total. The van der Waals surface area contributed by atoms with E-state index in [0.717, 1.165) is 18.5 Å². The summed E-state index contributed by atoms with van der Waals surface area (Å²) < 4.78 is 23.1. The Morgan fingerprint density at radius 3 is 2.76 bits per heavy atom. The zero-order valence-corrected chi connectivity index (χ0v) is 11.2. The Labute approximate surface area is 103 Å². The Morgan fingerprint density at radius 2 is 2.06 bits per heavy atom. The van der Waals surface area contributed by atoms with Crippen LogP contribution in [0.25, 0.3) is 0 Å². The summed E-state index contributed by atoms with van der Waals surface area (Å²) in [7, 11) is -2.84. The fourth-order valence-electron chi connectivity index (χ4n) is 2.26. The predicted octanol–water partition coefficient (Wildman–Crippen LogP) is 2.29. The van der Waals surface area contributed by atoms with Crippen LogP contribution in [0.5, 0.6) is 0 Å². The van der Waals surface area contributed by atoms with Crippen molar-refractivity contribution in [3.63, 3.8) is 0 Å². The fraction of sp³-hybridized carbons (Fsp3) is 0.538. The fourth-order valence-corrected chi connectivity index (χ4v) is 3.90. The number of benzene rings is 1. The van der Waals surface area contributed by atoms with Crippen LogP contribution in [0.1, 0.15) is 24.0 Å². The molecule has 2 rings (SSSR count). The predicted molar refractivity (Wildman–Crippen MR) is 71.2 cm³/mol. The van der Waals surface area contributed by atoms with Crippen LogP contribution in [0, 0.1) is 13.8 Å². The highest BCUT2D eigenvalue weighted by molar-refractivity contribution is 7.91. The molecule has 1 saturated heterocycles. The molecule has 1 aliphatic rings. The lowest BCUT2D eigenvalue weighted by Gasteiger charge is -2.25. The van der Waals surface area contributed by atoms with Gasteiger partial charge in [-0.3, -0.25) is 0 Å². The van der Waals surface area contributed by atoms with E-state index in [4.69, 9.17) is 0 Å². The first kappa shape index (κ1) is 12.4.